The maximum absolute atomic E-state index is 12.7. The summed E-state index contributed by atoms with van der Waals surface area (Å²) in [5.74, 6) is 0.00399. The van der Waals surface area contributed by atoms with Crippen molar-refractivity contribution in [2.75, 3.05) is 11.3 Å². The number of sulfonamides is 1. The van der Waals surface area contributed by atoms with Crippen LogP contribution in [0.25, 0.3) is 0 Å². The molecular formula is C20H24N2O3S. The summed E-state index contributed by atoms with van der Waals surface area (Å²) in [7, 11) is -3.79. The van der Waals surface area contributed by atoms with Gasteiger partial charge >= 0.3 is 0 Å². The smallest absolute Gasteiger partial charge is 0.261 e. The van der Waals surface area contributed by atoms with E-state index in [0.29, 0.717) is 12.5 Å². The monoisotopic (exact) mass is 372 g/mol. The second-order valence-corrected chi connectivity index (χ2v) is 7.71. The van der Waals surface area contributed by atoms with Crippen molar-refractivity contribution in [1.29, 1.82) is 0 Å². The zero-order chi connectivity index (χ0) is 19.2. The Hall–Kier alpha value is -2.60. The van der Waals surface area contributed by atoms with E-state index in [9.17, 15) is 13.2 Å². The molecule has 0 spiro atoms. The lowest BCUT2D eigenvalue weighted by atomic mass is 9.99. The third kappa shape index (κ3) is 4.73. The van der Waals surface area contributed by atoms with E-state index in [2.05, 4.69) is 30.5 Å². The van der Waals surface area contributed by atoms with Crippen LogP contribution in [-0.4, -0.2) is 20.9 Å². The number of carbonyl (C=O) groups is 1. The van der Waals surface area contributed by atoms with Crippen LogP contribution in [0, 0.1) is 0 Å². The number of rotatable bonds is 8. The Morgan fingerprint density at radius 1 is 1.15 bits per heavy atom. The Morgan fingerprint density at radius 2 is 1.81 bits per heavy atom. The standard InChI is InChI=1S/C20H24N2O3S/c1-4-14-21-20(23)18-8-6-7-9-19(18)22-26(24,25)17-12-10-16(11-13-17)15(3)5-2/h4,6-13,15,22H,1,5,14H2,2-3H3,(H,21,23)/t15-/m1/s1. The fraction of sp³-hybridized carbons (Fsp3) is 0.250. The van der Waals surface area contributed by atoms with Gasteiger partial charge in [0.2, 0.25) is 0 Å². The lowest BCUT2D eigenvalue weighted by Gasteiger charge is -2.13. The molecule has 2 N–H and O–H groups in total. The van der Waals surface area contributed by atoms with Crippen molar-refractivity contribution in [3.05, 3.63) is 72.3 Å². The van der Waals surface area contributed by atoms with Gasteiger partial charge in [-0.2, -0.15) is 0 Å². The predicted octanol–water partition coefficient (Wildman–Crippen LogP) is 3.92. The largest absolute Gasteiger partial charge is 0.349 e. The number of hydrogen-bond donors (Lipinski definition) is 2. The second-order valence-electron chi connectivity index (χ2n) is 6.03. The summed E-state index contributed by atoms with van der Waals surface area (Å²) in [6, 6.07) is 13.3. The summed E-state index contributed by atoms with van der Waals surface area (Å²) in [5.41, 5.74) is 1.59. The summed E-state index contributed by atoms with van der Waals surface area (Å²) >= 11 is 0. The molecule has 0 radical (unpaired) electrons. The van der Waals surface area contributed by atoms with E-state index in [1.807, 2.05) is 12.1 Å². The third-order valence-corrected chi connectivity index (χ3v) is 5.58. The van der Waals surface area contributed by atoms with Crippen LogP contribution in [0.2, 0.25) is 0 Å². The van der Waals surface area contributed by atoms with E-state index in [1.165, 1.54) is 0 Å². The average Bonchev–Trinajstić information content (AvgIpc) is 2.65. The van der Waals surface area contributed by atoms with Gasteiger partial charge in [0, 0.05) is 6.54 Å². The lowest BCUT2D eigenvalue weighted by molar-refractivity contribution is 0.0959. The van der Waals surface area contributed by atoms with Crippen molar-refractivity contribution < 1.29 is 13.2 Å². The molecule has 26 heavy (non-hydrogen) atoms. The van der Waals surface area contributed by atoms with E-state index >= 15 is 0 Å². The molecule has 5 nitrogen and oxygen atoms in total. The maximum atomic E-state index is 12.7. The molecule has 0 bridgehead atoms. The first-order valence-corrected chi connectivity index (χ1v) is 9.98. The first kappa shape index (κ1) is 19.7. The molecule has 0 aliphatic heterocycles. The van der Waals surface area contributed by atoms with Crippen molar-refractivity contribution in [3.63, 3.8) is 0 Å². The zero-order valence-electron chi connectivity index (χ0n) is 15.0. The molecule has 0 heterocycles. The minimum atomic E-state index is -3.79. The number of benzene rings is 2. The highest BCUT2D eigenvalue weighted by molar-refractivity contribution is 7.92. The van der Waals surface area contributed by atoms with Crippen LogP contribution in [0.15, 0.2) is 66.1 Å². The molecule has 0 fully saturated rings. The Morgan fingerprint density at radius 3 is 2.42 bits per heavy atom. The number of anilines is 1. The van der Waals surface area contributed by atoms with Gasteiger partial charge in [-0.15, -0.1) is 6.58 Å². The van der Waals surface area contributed by atoms with Gasteiger partial charge in [-0.3, -0.25) is 9.52 Å². The fourth-order valence-electron chi connectivity index (χ4n) is 2.45. The zero-order valence-corrected chi connectivity index (χ0v) is 15.8. The Labute approximate surface area is 155 Å². The molecule has 1 atom stereocenters. The molecule has 0 saturated heterocycles. The van der Waals surface area contributed by atoms with Crippen LogP contribution in [0.3, 0.4) is 0 Å². The maximum Gasteiger partial charge on any atom is 0.261 e. The number of amides is 1. The molecule has 0 saturated carbocycles. The number of nitrogens with one attached hydrogen (secondary N) is 2. The first-order chi connectivity index (χ1) is 12.4. The van der Waals surface area contributed by atoms with E-state index in [4.69, 9.17) is 0 Å². The van der Waals surface area contributed by atoms with Gasteiger partial charge in [-0.25, -0.2) is 8.42 Å². The molecule has 0 unspecified atom stereocenters. The number of hydrogen-bond acceptors (Lipinski definition) is 3. The molecule has 0 aliphatic carbocycles. The van der Waals surface area contributed by atoms with Gasteiger partial charge in [0.15, 0.2) is 0 Å². The van der Waals surface area contributed by atoms with E-state index in [0.717, 1.165) is 12.0 Å². The van der Waals surface area contributed by atoms with Crippen LogP contribution in [0.4, 0.5) is 5.69 Å². The molecule has 138 valence electrons. The summed E-state index contributed by atoms with van der Waals surface area (Å²) < 4.78 is 27.9. The minimum Gasteiger partial charge on any atom is -0.349 e. The van der Waals surface area contributed by atoms with Crippen molar-refractivity contribution >= 4 is 21.6 Å². The molecule has 2 aromatic rings. The van der Waals surface area contributed by atoms with Crippen LogP contribution in [0.1, 0.15) is 42.1 Å². The molecule has 2 aromatic carbocycles. The van der Waals surface area contributed by atoms with Crippen molar-refractivity contribution in [2.24, 2.45) is 0 Å². The summed E-state index contributed by atoms with van der Waals surface area (Å²) in [6.45, 7) is 8.04. The van der Waals surface area contributed by atoms with E-state index in [-0.39, 0.29) is 22.1 Å². The van der Waals surface area contributed by atoms with E-state index in [1.54, 1.807) is 42.5 Å². The minimum absolute atomic E-state index is 0.158. The topological polar surface area (TPSA) is 75.3 Å². The van der Waals surface area contributed by atoms with Gasteiger partial charge in [0.25, 0.3) is 15.9 Å². The van der Waals surface area contributed by atoms with Crippen LogP contribution >= 0.6 is 0 Å². The SMILES string of the molecule is C=CCNC(=O)c1ccccc1NS(=O)(=O)c1ccc([C@H](C)CC)cc1. The highest BCUT2D eigenvalue weighted by Gasteiger charge is 2.18. The van der Waals surface area contributed by atoms with Gasteiger partial charge in [-0.05, 0) is 42.2 Å². The van der Waals surface area contributed by atoms with Gasteiger partial charge < -0.3 is 5.32 Å². The Bertz CT molecular complexity index is 874. The first-order valence-electron chi connectivity index (χ1n) is 8.50. The second kappa shape index (κ2) is 8.67. The molecule has 0 aliphatic rings. The van der Waals surface area contributed by atoms with Crippen LogP contribution in [0.5, 0.6) is 0 Å². The molecule has 6 heteroatoms. The Balaban J connectivity index is 2.27. The van der Waals surface area contributed by atoms with E-state index < -0.39 is 10.0 Å². The molecule has 1 amide bonds. The number of carbonyl (C=O) groups excluding carboxylic acids is 1. The van der Waals surface area contributed by atoms with Gasteiger partial charge in [0.05, 0.1) is 16.1 Å². The molecular weight excluding hydrogens is 348 g/mol. The number of para-hydroxylation sites is 1. The average molecular weight is 372 g/mol. The van der Waals surface area contributed by atoms with Crippen molar-refractivity contribution in [2.45, 2.75) is 31.1 Å². The third-order valence-electron chi connectivity index (χ3n) is 4.19. The lowest BCUT2D eigenvalue weighted by Crippen LogP contribution is -2.25. The van der Waals surface area contributed by atoms with Crippen LogP contribution in [-0.2, 0) is 10.0 Å². The highest BCUT2D eigenvalue weighted by atomic mass is 32.2. The quantitative estimate of drug-likeness (QED) is 0.690. The van der Waals surface area contributed by atoms with Crippen molar-refractivity contribution in [1.82, 2.24) is 5.32 Å². The highest BCUT2D eigenvalue weighted by Crippen LogP contribution is 2.23. The summed E-state index contributed by atoms with van der Waals surface area (Å²) in [6.07, 6.45) is 2.54. The van der Waals surface area contributed by atoms with Crippen molar-refractivity contribution in [3.8, 4) is 0 Å². The predicted molar refractivity (Wildman–Crippen MR) is 105 cm³/mol. The summed E-state index contributed by atoms with van der Waals surface area (Å²) in [4.78, 5) is 12.4. The van der Waals surface area contributed by atoms with Crippen LogP contribution < -0.4 is 10.0 Å². The van der Waals surface area contributed by atoms with Gasteiger partial charge in [0.1, 0.15) is 0 Å². The molecule has 0 aromatic heterocycles. The fourth-order valence-corrected chi connectivity index (χ4v) is 3.52. The normalized spacial score (nSPS) is 12.2. The Kier molecular flexibility index (Phi) is 6.58. The molecule has 2 rings (SSSR count). The summed E-state index contributed by atoms with van der Waals surface area (Å²) in [5, 5.41) is 2.65. The van der Waals surface area contributed by atoms with Gasteiger partial charge in [-0.1, -0.05) is 44.2 Å².